The van der Waals surface area contributed by atoms with Gasteiger partial charge in [0.1, 0.15) is 0 Å². The van der Waals surface area contributed by atoms with Crippen LogP contribution in [0.2, 0.25) is 0 Å². The number of hydrogen-bond donors (Lipinski definition) is 2. The Morgan fingerprint density at radius 1 is 1.44 bits per heavy atom. The van der Waals surface area contributed by atoms with Crippen molar-refractivity contribution in [3.63, 3.8) is 0 Å². The smallest absolute Gasteiger partial charge is 0.256 e. The average Bonchev–Trinajstić information content (AvgIpc) is 2.96. The topological polar surface area (TPSA) is 59.0 Å². The van der Waals surface area contributed by atoms with Crippen LogP contribution < -0.4 is 10.6 Å². The summed E-state index contributed by atoms with van der Waals surface area (Å²) >= 11 is 0. The van der Waals surface area contributed by atoms with Gasteiger partial charge in [-0.15, -0.1) is 0 Å². The van der Waals surface area contributed by atoms with Crippen molar-refractivity contribution in [3.05, 3.63) is 41.6 Å². The number of hydrogen-bond acceptors (Lipinski definition) is 3. The van der Waals surface area contributed by atoms with Crippen LogP contribution in [0.5, 0.6) is 0 Å². The Hall–Kier alpha value is -2.30. The molecule has 2 heterocycles. The standard InChI is InChI=1S/C13H14N4O/c1-17-7-5-12(16-17)15-13(18)10-2-3-11-9(8-10)4-6-14-11/h2-3,5,7-8,14H,4,6H2,1H3,(H,15,16,18). The van der Waals surface area contributed by atoms with Crippen molar-refractivity contribution in [2.45, 2.75) is 6.42 Å². The number of carbonyl (C=O) groups excluding carboxylic acids is 1. The van der Waals surface area contributed by atoms with Crippen molar-refractivity contribution in [1.29, 1.82) is 0 Å². The molecule has 2 N–H and O–H groups in total. The van der Waals surface area contributed by atoms with E-state index < -0.39 is 0 Å². The lowest BCUT2D eigenvalue weighted by Crippen LogP contribution is -2.12. The molecule has 0 fully saturated rings. The van der Waals surface area contributed by atoms with Gasteiger partial charge in [0.25, 0.3) is 5.91 Å². The van der Waals surface area contributed by atoms with E-state index in [2.05, 4.69) is 15.7 Å². The fourth-order valence-electron chi connectivity index (χ4n) is 2.12. The number of anilines is 2. The minimum Gasteiger partial charge on any atom is -0.384 e. The normalized spacial score (nSPS) is 12.9. The Morgan fingerprint density at radius 2 is 2.33 bits per heavy atom. The van der Waals surface area contributed by atoms with Crippen molar-refractivity contribution >= 4 is 17.4 Å². The molecule has 92 valence electrons. The summed E-state index contributed by atoms with van der Waals surface area (Å²) in [5.74, 6) is 0.449. The molecule has 1 aliphatic rings. The Morgan fingerprint density at radius 3 is 3.11 bits per heavy atom. The van der Waals surface area contributed by atoms with E-state index in [9.17, 15) is 4.79 Å². The second-order valence-corrected chi connectivity index (χ2v) is 4.38. The van der Waals surface area contributed by atoms with Crippen molar-refractivity contribution in [3.8, 4) is 0 Å². The van der Waals surface area contributed by atoms with E-state index in [0.29, 0.717) is 11.4 Å². The molecule has 2 aromatic rings. The van der Waals surface area contributed by atoms with Crippen LogP contribution in [-0.2, 0) is 13.5 Å². The molecule has 1 aliphatic heterocycles. The molecule has 1 amide bonds. The lowest BCUT2D eigenvalue weighted by Gasteiger charge is -2.04. The minimum atomic E-state index is -0.122. The number of rotatable bonds is 2. The first-order chi connectivity index (χ1) is 8.72. The predicted octanol–water partition coefficient (Wildman–Crippen LogP) is 1.64. The molecule has 0 saturated carbocycles. The van der Waals surface area contributed by atoms with Gasteiger partial charge in [-0.1, -0.05) is 0 Å². The molecule has 1 aromatic carbocycles. The fraction of sp³-hybridized carbons (Fsp3) is 0.231. The van der Waals surface area contributed by atoms with Crippen LogP contribution in [0, 0.1) is 0 Å². The number of amides is 1. The third-order valence-corrected chi connectivity index (χ3v) is 3.03. The van der Waals surface area contributed by atoms with Crippen LogP contribution in [0.1, 0.15) is 15.9 Å². The van der Waals surface area contributed by atoms with Gasteiger partial charge in [-0.2, -0.15) is 5.10 Å². The summed E-state index contributed by atoms with van der Waals surface area (Å²) in [5, 5.41) is 10.2. The average molecular weight is 242 g/mol. The number of benzene rings is 1. The largest absolute Gasteiger partial charge is 0.384 e. The van der Waals surface area contributed by atoms with Crippen molar-refractivity contribution in [1.82, 2.24) is 9.78 Å². The summed E-state index contributed by atoms with van der Waals surface area (Å²) in [6.45, 7) is 0.945. The van der Waals surface area contributed by atoms with Gasteiger partial charge in [0.2, 0.25) is 0 Å². The van der Waals surface area contributed by atoms with Gasteiger partial charge in [0, 0.05) is 37.1 Å². The lowest BCUT2D eigenvalue weighted by molar-refractivity contribution is 0.102. The summed E-state index contributed by atoms with van der Waals surface area (Å²) in [7, 11) is 1.82. The van der Waals surface area contributed by atoms with Crippen LogP contribution in [0.15, 0.2) is 30.5 Å². The van der Waals surface area contributed by atoms with E-state index in [1.54, 1.807) is 16.9 Å². The monoisotopic (exact) mass is 242 g/mol. The van der Waals surface area contributed by atoms with E-state index in [-0.39, 0.29) is 5.91 Å². The van der Waals surface area contributed by atoms with Gasteiger partial charge in [-0.25, -0.2) is 0 Å². The number of aromatic nitrogens is 2. The molecule has 1 aromatic heterocycles. The van der Waals surface area contributed by atoms with E-state index in [4.69, 9.17) is 0 Å². The second-order valence-electron chi connectivity index (χ2n) is 4.38. The first-order valence-corrected chi connectivity index (χ1v) is 5.90. The molecule has 0 radical (unpaired) electrons. The Kier molecular flexibility index (Phi) is 2.51. The summed E-state index contributed by atoms with van der Waals surface area (Å²) in [5.41, 5.74) is 3.00. The van der Waals surface area contributed by atoms with E-state index >= 15 is 0 Å². The highest BCUT2D eigenvalue weighted by molar-refractivity contribution is 6.04. The first kappa shape index (κ1) is 10.8. The molecule has 0 aliphatic carbocycles. The highest BCUT2D eigenvalue weighted by Gasteiger charge is 2.13. The maximum Gasteiger partial charge on any atom is 0.256 e. The van der Waals surface area contributed by atoms with Crippen molar-refractivity contribution < 1.29 is 4.79 Å². The number of aryl methyl sites for hydroxylation is 1. The van der Waals surface area contributed by atoms with E-state index in [1.807, 2.05) is 25.2 Å². The van der Waals surface area contributed by atoms with Crippen LogP contribution >= 0.6 is 0 Å². The van der Waals surface area contributed by atoms with Gasteiger partial charge in [-0.05, 0) is 30.2 Å². The third kappa shape index (κ3) is 1.95. The summed E-state index contributed by atoms with van der Waals surface area (Å²) in [6, 6.07) is 7.49. The minimum absolute atomic E-state index is 0.122. The molecule has 5 nitrogen and oxygen atoms in total. The second kappa shape index (κ2) is 4.18. The zero-order valence-corrected chi connectivity index (χ0v) is 10.1. The molecular weight excluding hydrogens is 228 g/mol. The quantitative estimate of drug-likeness (QED) is 0.841. The van der Waals surface area contributed by atoms with E-state index in [0.717, 1.165) is 18.7 Å². The van der Waals surface area contributed by atoms with Crippen LogP contribution in [-0.4, -0.2) is 22.2 Å². The highest BCUT2D eigenvalue weighted by atomic mass is 16.1. The molecule has 3 rings (SSSR count). The maximum atomic E-state index is 12.0. The molecule has 18 heavy (non-hydrogen) atoms. The zero-order valence-electron chi connectivity index (χ0n) is 10.1. The predicted molar refractivity (Wildman–Crippen MR) is 69.8 cm³/mol. The number of fused-ring (bicyclic) bond motifs is 1. The lowest BCUT2D eigenvalue weighted by atomic mass is 10.1. The van der Waals surface area contributed by atoms with Gasteiger partial charge >= 0.3 is 0 Å². The first-order valence-electron chi connectivity index (χ1n) is 5.90. The molecule has 0 spiro atoms. The van der Waals surface area contributed by atoms with E-state index in [1.165, 1.54) is 5.56 Å². The Balaban J connectivity index is 1.80. The van der Waals surface area contributed by atoms with Crippen LogP contribution in [0.4, 0.5) is 11.5 Å². The van der Waals surface area contributed by atoms with Gasteiger partial charge < -0.3 is 10.6 Å². The summed E-state index contributed by atoms with van der Waals surface area (Å²) in [4.78, 5) is 12.0. The molecule has 0 atom stereocenters. The molecule has 0 unspecified atom stereocenters. The van der Waals surface area contributed by atoms with Crippen LogP contribution in [0.3, 0.4) is 0 Å². The maximum absolute atomic E-state index is 12.0. The molecular formula is C13H14N4O. The third-order valence-electron chi connectivity index (χ3n) is 3.03. The van der Waals surface area contributed by atoms with Crippen LogP contribution in [0.25, 0.3) is 0 Å². The van der Waals surface area contributed by atoms with Gasteiger partial charge in [-0.3, -0.25) is 9.48 Å². The summed E-state index contributed by atoms with van der Waals surface area (Å²) in [6.07, 6.45) is 2.77. The van der Waals surface area contributed by atoms with Crippen molar-refractivity contribution in [2.24, 2.45) is 7.05 Å². The zero-order chi connectivity index (χ0) is 12.5. The van der Waals surface area contributed by atoms with Crippen molar-refractivity contribution in [2.75, 3.05) is 17.2 Å². The number of nitrogens with one attached hydrogen (secondary N) is 2. The summed E-state index contributed by atoms with van der Waals surface area (Å²) < 4.78 is 1.65. The number of nitrogens with zero attached hydrogens (tertiary/aromatic N) is 2. The molecule has 0 saturated heterocycles. The van der Waals surface area contributed by atoms with Gasteiger partial charge in [0.05, 0.1) is 0 Å². The molecule has 5 heteroatoms. The Bertz CT molecular complexity index is 603. The SMILES string of the molecule is Cn1ccc(NC(=O)c2ccc3c(c2)CCN3)n1. The highest BCUT2D eigenvalue weighted by Crippen LogP contribution is 2.23. The molecule has 0 bridgehead atoms. The fourth-order valence-corrected chi connectivity index (χ4v) is 2.12. The number of carbonyl (C=O) groups is 1. The van der Waals surface area contributed by atoms with Gasteiger partial charge in [0.15, 0.2) is 5.82 Å². The Labute approximate surface area is 105 Å².